The molecule has 2 rings (SSSR count). The molecule has 0 spiro atoms. The van der Waals surface area contributed by atoms with Crippen molar-refractivity contribution in [2.45, 2.75) is 6.61 Å². The van der Waals surface area contributed by atoms with E-state index >= 15 is 0 Å². The highest BCUT2D eigenvalue weighted by molar-refractivity contribution is 5.85. The van der Waals surface area contributed by atoms with Gasteiger partial charge in [-0.15, -0.1) is 0 Å². The van der Waals surface area contributed by atoms with Crippen LogP contribution in [0.1, 0.15) is 11.1 Å². The van der Waals surface area contributed by atoms with Crippen LogP contribution in [0.3, 0.4) is 0 Å². The van der Waals surface area contributed by atoms with Crippen LogP contribution in [0.15, 0.2) is 24.5 Å². The van der Waals surface area contributed by atoms with Crippen molar-refractivity contribution < 1.29 is 14.5 Å². The molecule has 0 radical (unpaired) electrons. The van der Waals surface area contributed by atoms with E-state index in [9.17, 15) is 14.9 Å². The molecule has 7 heteroatoms. The van der Waals surface area contributed by atoms with Crippen LogP contribution in [0.2, 0.25) is 0 Å². The Kier molecular flexibility index (Phi) is 2.65. The number of carbonyl (C=O) groups is 1. The van der Waals surface area contributed by atoms with Crippen molar-refractivity contribution in [3.8, 4) is 0 Å². The predicted octanol–water partition coefficient (Wildman–Crippen LogP) is 1.09. The number of hydrogen-bond donors (Lipinski definition) is 2. The summed E-state index contributed by atoms with van der Waals surface area (Å²) in [5, 5.41) is 13.0. The van der Waals surface area contributed by atoms with Crippen molar-refractivity contribution in [2.75, 3.05) is 0 Å². The van der Waals surface area contributed by atoms with Gasteiger partial charge in [-0.1, -0.05) is 0 Å². The number of rotatable bonds is 2. The molecule has 0 aromatic heterocycles. The summed E-state index contributed by atoms with van der Waals surface area (Å²) in [4.78, 5) is 20.9. The molecular formula is C10H9N3O4. The summed E-state index contributed by atoms with van der Waals surface area (Å²) in [5.74, 6) is 0. The summed E-state index contributed by atoms with van der Waals surface area (Å²) in [5.41, 5.74) is 6.56. The van der Waals surface area contributed by atoms with Gasteiger partial charge in [-0.3, -0.25) is 10.1 Å². The molecule has 0 saturated carbocycles. The van der Waals surface area contributed by atoms with Gasteiger partial charge in [0.15, 0.2) is 0 Å². The highest BCUT2D eigenvalue weighted by Gasteiger charge is 2.18. The van der Waals surface area contributed by atoms with Crippen LogP contribution in [0.25, 0.3) is 5.70 Å². The number of urea groups is 1. The normalized spacial score (nSPS) is 13.1. The number of ether oxygens (including phenoxy) is 1. The Hall–Kier alpha value is -2.57. The molecule has 0 bridgehead atoms. The molecular weight excluding hydrogens is 226 g/mol. The van der Waals surface area contributed by atoms with E-state index in [2.05, 4.69) is 5.32 Å². The molecule has 3 N–H and O–H groups in total. The van der Waals surface area contributed by atoms with Gasteiger partial charge in [-0.05, 0) is 11.6 Å². The highest BCUT2D eigenvalue weighted by atomic mass is 16.6. The van der Waals surface area contributed by atoms with Gasteiger partial charge < -0.3 is 15.8 Å². The maximum absolute atomic E-state index is 10.8. The van der Waals surface area contributed by atoms with Crippen LogP contribution >= 0.6 is 0 Å². The molecule has 1 aromatic rings. The van der Waals surface area contributed by atoms with Gasteiger partial charge in [0.05, 0.1) is 10.6 Å². The van der Waals surface area contributed by atoms with Crippen molar-refractivity contribution in [1.29, 1.82) is 0 Å². The third kappa shape index (κ3) is 2.17. The number of nitrogens with two attached hydrogens (primary N) is 1. The van der Waals surface area contributed by atoms with E-state index in [0.717, 1.165) is 5.56 Å². The quantitative estimate of drug-likeness (QED) is 0.590. The lowest BCUT2D eigenvalue weighted by Crippen LogP contribution is -2.29. The summed E-state index contributed by atoms with van der Waals surface area (Å²) < 4.78 is 5.11. The zero-order valence-electron chi connectivity index (χ0n) is 8.67. The minimum atomic E-state index is -0.751. The van der Waals surface area contributed by atoms with E-state index in [4.69, 9.17) is 10.5 Å². The first kappa shape index (κ1) is 10.9. The average Bonchev–Trinajstić information content (AvgIpc) is 2.28. The fourth-order valence-corrected chi connectivity index (χ4v) is 1.56. The van der Waals surface area contributed by atoms with Gasteiger partial charge in [-0.25, -0.2) is 4.79 Å². The second-order valence-electron chi connectivity index (χ2n) is 3.43. The summed E-state index contributed by atoms with van der Waals surface area (Å²) in [7, 11) is 0. The number of nitro benzene ring substituents is 1. The number of nitrogens with zero attached hydrogens (tertiary/aromatic N) is 1. The number of fused-ring (bicyclic) bond motifs is 1. The molecule has 0 fully saturated rings. The Labute approximate surface area is 96.0 Å². The van der Waals surface area contributed by atoms with Gasteiger partial charge in [0.2, 0.25) is 0 Å². The largest absolute Gasteiger partial charge is 0.494 e. The standard InChI is InChI=1S/C10H9N3O4/c11-10(14)12-9-5-17-4-6-1-2-7(13(15)16)3-8(6)9/h1-3,5H,4H2,(H3,11,12,14). The zero-order valence-corrected chi connectivity index (χ0v) is 8.67. The van der Waals surface area contributed by atoms with Crippen LogP contribution in [-0.4, -0.2) is 11.0 Å². The first-order valence-corrected chi connectivity index (χ1v) is 4.74. The van der Waals surface area contributed by atoms with Crippen LogP contribution in [-0.2, 0) is 11.3 Å². The number of nitrogens with one attached hydrogen (secondary N) is 1. The number of carbonyl (C=O) groups excluding carboxylic acids is 1. The molecule has 1 aromatic carbocycles. The van der Waals surface area contributed by atoms with Gasteiger partial charge in [0.1, 0.15) is 12.9 Å². The van der Waals surface area contributed by atoms with Crippen molar-refractivity contribution in [2.24, 2.45) is 5.73 Å². The third-order valence-corrected chi connectivity index (χ3v) is 2.29. The van der Waals surface area contributed by atoms with Gasteiger partial charge in [0, 0.05) is 17.7 Å². The minimum absolute atomic E-state index is 0.0529. The van der Waals surface area contributed by atoms with Crippen molar-refractivity contribution in [3.05, 3.63) is 45.7 Å². The Morgan fingerprint density at radius 1 is 1.53 bits per heavy atom. The number of primary amides is 1. The molecule has 88 valence electrons. The van der Waals surface area contributed by atoms with Crippen molar-refractivity contribution in [1.82, 2.24) is 5.32 Å². The van der Waals surface area contributed by atoms with Crippen LogP contribution in [0.4, 0.5) is 10.5 Å². The Morgan fingerprint density at radius 3 is 2.94 bits per heavy atom. The first-order chi connectivity index (χ1) is 8.08. The number of benzene rings is 1. The Morgan fingerprint density at radius 2 is 2.29 bits per heavy atom. The van der Waals surface area contributed by atoms with E-state index in [0.29, 0.717) is 17.9 Å². The SMILES string of the molecule is NC(=O)NC1=COCc2ccc([N+](=O)[O-])cc21. The maximum Gasteiger partial charge on any atom is 0.316 e. The summed E-state index contributed by atoms with van der Waals surface area (Å²) >= 11 is 0. The molecule has 1 aliphatic rings. The molecule has 17 heavy (non-hydrogen) atoms. The molecule has 7 nitrogen and oxygen atoms in total. The average molecular weight is 235 g/mol. The Balaban J connectivity index is 2.43. The van der Waals surface area contributed by atoms with Crippen LogP contribution in [0.5, 0.6) is 0 Å². The number of hydrogen-bond acceptors (Lipinski definition) is 4. The molecule has 0 aliphatic carbocycles. The highest BCUT2D eigenvalue weighted by Crippen LogP contribution is 2.27. The van der Waals surface area contributed by atoms with E-state index in [1.165, 1.54) is 18.4 Å². The fourth-order valence-electron chi connectivity index (χ4n) is 1.56. The fraction of sp³-hybridized carbons (Fsp3) is 0.100. The van der Waals surface area contributed by atoms with E-state index in [1.54, 1.807) is 6.07 Å². The van der Waals surface area contributed by atoms with Crippen LogP contribution in [0, 0.1) is 10.1 Å². The predicted molar refractivity (Wildman–Crippen MR) is 58.6 cm³/mol. The smallest absolute Gasteiger partial charge is 0.316 e. The summed E-state index contributed by atoms with van der Waals surface area (Å²) in [6.07, 6.45) is 1.32. The number of non-ortho nitro benzene ring substituents is 1. The minimum Gasteiger partial charge on any atom is -0.494 e. The van der Waals surface area contributed by atoms with E-state index in [-0.39, 0.29) is 5.69 Å². The maximum atomic E-state index is 10.8. The lowest BCUT2D eigenvalue weighted by atomic mass is 10.0. The first-order valence-electron chi connectivity index (χ1n) is 4.74. The lowest BCUT2D eigenvalue weighted by molar-refractivity contribution is -0.384. The van der Waals surface area contributed by atoms with Gasteiger partial charge in [0.25, 0.3) is 5.69 Å². The second-order valence-corrected chi connectivity index (χ2v) is 3.43. The van der Waals surface area contributed by atoms with Gasteiger partial charge >= 0.3 is 6.03 Å². The van der Waals surface area contributed by atoms with Crippen molar-refractivity contribution in [3.63, 3.8) is 0 Å². The molecule has 1 aliphatic heterocycles. The monoisotopic (exact) mass is 235 g/mol. The van der Waals surface area contributed by atoms with E-state index in [1.807, 2.05) is 0 Å². The summed E-state index contributed by atoms with van der Waals surface area (Å²) in [6.45, 7) is 0.303. The molecule has 0 unspecified atom stereocenters. The second kappa shape index (κ2) is 4.12. The van der Waals surface area contributed by atoms with Crippen molar-refractivity contribution >= 4 is 17.4 Å². The number of amides is 2. The number of nitro groups is 1. The molecule has 0 saturated heterocycles. The van der Waals surface area contributed by atoms with E-state index < -0.39 is 11.0 Å². The molecule has 1 heterocycles. The summed E-state index contributed by atoms with van der Waals surface area (Å²) in [6, 6.07) is 3.59. The zero-order chi connectivity index (χ0) is 12.4. The molecule has 0 atom stereocenters. The third-order valence-electron chi connectivity index (χ3n) is 2.29. The Bertz CT molecular complexity index is 524. The molecule has 2 amide bonds. The topological polar surface area (TPSA) is 107 Å². The van der Waals surface area contributed by atoms with Gasteiger partial charge in [-0.2, -0.15) is 0 Å². The van der Waals surface area contributed by atoms with Crippen LogP contribution < -0.4 is 11.1 Å². The lowest BCUT2D eigenvalue weighted by Gasteiger charge is -2.17.